The van der Waals surface area contributed by atoms with Crippen LogP contribution >= 0.6 is 0 Å². The normalized spacial score (nSPS) is 11.6. The predicted molar refractivity (Wildman–Crippen MR) is 227 cm³/mol. The van der Waals surface area contributed by atoms with Crippen LogP contribution in [0, 0.1) is 0 Å². The first-order valence-corrected chi connectivity index (χ1v) is 18.5. The van der Waals surface area contributed by atoms with E-state index in [0.29, 0.717) is 17.5 Å². The summed E-state index contributed by atoms with van der Waals surface area (Å²) >= 11 is 0. The van der Waals surface area contributed by atoms with Gasteiger partial charge in [0.15, 0.2) is 17.5 Å². The van der Waals surface area contributed by atoms with E-state index in [9.17, 15) is 0 Å². The van der Waals surface area contributed by atoms with Gasteiger partial charge < -0.3 is 4.42 Å². The summed E-state index contributed by atoms with van der Waals surface area (Å²) in [6.07, 6.45) is 0. The van der Waals surface area contributed by atoms with Crippen LogP contribution in [-0.4, -0.2) is 15.0 Å². The summed E-state index contributed by atoms with van der Waals surface area (Å²) in [4.78, 5) is 15.9. The van der Waals surface area contributed by atoms with Crippen molar-refractivity contribution in [3.05, 3.63) is 188 Å². The maximum atomic E-state index is 6.81. The van der Waals surface area contributed by atoms with Crippen LogP contribution in [0.15, 0.2) is 192 Å². The molecule has 0 atom stereocenters. The average molecular weight is 702 g/mol. The lowest BCUT2D eigenvalue weighted by molar-refractivity contribution is 0.673. The number of benzene rings is 9. The minimum absolute atomic E-state index is 0.591. The highest BCUT2D eigenvalue weighted by molar-refractivity contribution is 6.23. The molecule has 2 aromatic heterocycles. The van der Waals surface area contributed by atoms with Crippen LogP contribution in [0.3, 0.4) is 0 Å². The third kappa shape index (κ3) is 5.19. The highest BCUT2D eigenvalue weighted by atomic mass is 16.3. The Bertz CT molecular complexity index is 3260. The topological polar surface area (TPSA) is 51.8 Å². The summed E-state index contributed by atoms with van der Waals surface area (Å²) in [5.74, 6) is 1.82. The van der Waals surface area contributed by atoms with E-state index in [4.69, 9.17) is 19.4 Å². The second kappa shape index (κ2) is 12.6. The first-order chi connectivity index (χ1) is 27.3. The lowest BCUT2D eigenvalue weighted by Gasteiger charge is -2.14. The Kier molecular flexibility index (Phi) is 7.14. The van der Waals surface area contributed by atoms with E-state index in [0.717, 1.165) is 76.7 Å². The molecule has 11 aromatic rings. The third-order valence-corrected chi connectivity index (χ3v) is 10.7. The molecule has 0 N–H and O–H groups in total. The summed E-state index contributed by atoms with van der Waals surface area (Å²) in [7, 11) is 0. The first kappa shape index (κ1) is 31.1. The Labute approximate surface area is 317 Å². The highest BCUT2D eigenvalue weighted by Gasteiger charge is 2.23. The highest BCUT2D eigenvalue weighted by Crippen LogP contribution is 2.44. The van der Waals surface area contributed by atoms with Gasteiger partial charge in [0.1, 0.15) is 11.2 Å². The van der Waals surface area contributed by atoms with Gasteiger partial charge in [-0.2, -0.15) is 0 Å². The molecule has 2 heterocycles. The van der Waals surface area contributed by atoms with Crippen molar-refractivity contribution in [3.63, 3.8) is 0 Å². The zero-order chi connectivity index (χ0) is 36.3. The molecule has 0 aliphatic rings. The summed E-state index contributed by atoms with van der Waals surface area (Å²) < 4.78 is 6.81. The average Bonchev–Trinajstić information content (AvgIpc) is 3.66. The van der Waals surface area contributed by atoms with Crippen LogP contribution in [-0.2, 0) is 0 Å². The van der Waals surface area contributed by atoms with Gasteiger partial charge in [0.25, 0.3) is 0 Å². The van der Waals surface area contributed by atoms with Crippen molar-refractivity contribution in [1.82, 2.24) is 15.0 Å². The molecule has 4 nitrogen and oxygen atoms in total. The first-order valence-electron chi connectivity index (χ1n) is 18.5. The van der Waals surface area contributed by atoms with Gasteiger partial charge in [-0.25, -0.2) is 15.0 Å². The zero-order valence-corrected chi connectivity index (χ0v) is 29.6. The monoisotopic (exact) mass is 701 g/mol. The van der Waals surface area contributed by atoms with E-state index in [1.807, 2.05) is 18.2 Å². The predicted octanol–water partition coefficient (Wildman–Crippen LogP) is 13.6. The Morgan fingerprint density at radius 2 is 0.891 bits per heavy atom. The molecule has 256 valence electrons. The second-order valence-electron chi connectivity index (χ2n) is 13.9. The maximum absolute atomic E-state index is 6.81. The minimum Gasteiger partial charge on any atom is -0.455 e. The van der Waals surface area contributed by atoms with Gasteiger partial charge in [-0.15, -0.1) is 0 Å². The van der Waals surface area contributed by atoms with Crippen LogP contribution < -0.4 is 0 Å². The van der Waals surface area contributed by atoms with Crippen LogP contribution in [0.5, 0.6) is 0 Å². The van der Waals surface area contributed by atoms with Gasteiger partial charge in [-0.3, -0.25) is 0 Å². The summed E-state index contributed by atoms with van der Waals surface area (Å²) in [6, 6.07) is 65.6. The van der Waals surface area contributed by atoms with Gasteiger partial charge >= 0.3 is 0 Å². The van der Waals surface area contributed by atoms with E-state index in [1.165, 1.54) is 16.5 Å². The SMILES string of the molecule is c1ccc(-c2ccc(-c3nc(-c4ccc5ccccc5c4)nc(-c4cc5cccc(-c6ccccc6)c5c5oc6ccccc6c45)n3)c3ccccc23)cc1. The molecule has 0 radical (unpaired) electrons. The molecule has 0 unspecified atom stereocenters. The van der Waals surface area contributed by atoms with Gasteiger partial charge in [0, 0.05) is 32.8 Å². The standard InChI is InChI=1S/C51H31N3O/c1-3-15-33(16-4-1)38-28-29-42(41-22-10-9-21-40(38)41)50-52-49(37-27-26-32-14-7-8-19-35(32)30-37)53-51(54-50)44-31-36-20-13-24-39(34-17-5-2-6-18-34)46(36)48-47(44)43-23-11-12-25-45(43)55-48/h1-31H. The Morgan fingerprint density at radius 3 is 1.67 bits per heavy atom. The third-order valence-electron chi connectivity index (χ3n) is 10.7. The number of hydrogen-bond acceptors (Lipinski definition) is 4. The van der Waals surface area contributed by atoms with Gasteiger partial charge in [0.05, 0.1) is 0 Å². The number of fused-ring (bicyclic) bond motifs is 7. The van der Waals surface area contributed by atoms with Gasteiger partial charge in [-0.1, -0.05) is 164 Å². The van der Waals surface area contributed by atoms with Crippen molar-refractivity contribution in [2.45, 2.75) is 0 Å². The van der Waals surface area contributed by atoms with E-state index in [1.54, 1.807) is 0 Å². The molecule has 0 fully saturated rings. The second-order valence-corrected chi connectivity index (χ2v) is 13.9. The molecule has 0 saturated carbocycles. The fourth-order valence-corrected chi connectivity index (χ4v) is 8.13. The van der Waals surface area contributed by atoms with E-state index in [-0.39, 0.29) is 0 Å². The van der Waals surface area contributed by atoms with Crippen LogP contribution in [0.25, 0.3) is 111 Å². The number of furan rings is 1. The fourth-order valence-electron chi connectivity index (χ4n) is 8.13. The molecule has 0 saturated heterocycles. The maximum Gasteiger partial charge on any atom is 0.164 e. The molecule has 0 spiro atoms. The van der Waals surface area contributed by atoms with Crippen molar-refractivity contribution >= 4 is 54.3 Å². The zero-order valence-electron chi connectivity index (χ0n) is 29.6. The van der Waals surface area contributed by atoms with Crippen molar-refractivity contribution in [3.8, 4) is 56.4 Å². The molecule has 11 rings (SSSR count). The van der Waals surface area contributed by atoms with Crippen LogP contribution in [0.2, 0.25) is 0 Å². The number of aromatic nitrogens is 3. The molecule has 0 aliphatic carbocycles. The molecule has 9 aromatic carbocycles. The van der Waals surface area contributed by atoms with E-state index >= 15 is 0 Å². The lowest BCUT2D eigenvalue weighted by atomic mass is 9.93. The molecular formula is C51H31N3O. The Morgan fingerprint density at radius 1 is 0.309 bits per heavy atom. The minimum atomic E-state index is 0.591. The fraction of sp³-hybridized carbons (Fsp3) is 0. The number of nitrogens with zero attached hydrogens (tertiary/aromatic N) is 3. The number of para-hydroxylation sites is 1. The Balaban J connectivity index is 1.22. The van der Waals surface area contributed by atoms with Crippen molar-refractivity contribution in [2.24, 2.45) is 0 Å². The quantitative estimate of drug-likeness (QED) is 0.179. The molecule has 4 heteroatoms. The molecule has 0 aliphatic heterocycles. The summed E-state index contributed by atoms with van der Waals surface area (Å²) in [6.45, 7) is 0. The molecule has 0 amide bonds. The van der Waals surface area contributed by atoms with Gasteiger partial charge in [0.2, 0.25) is 0 Å². The van der Waals surface area contributed by atoms with E-state index in [2.05, 4.69) is 170 Å². The summed E-state index contributed by atoms with van der Waals surface area (Å²) in [5, 5.41) is 8.63. The molecule has 0 bridgehead atoms. The van der Waals surface area contributed by atoms with E-state index < -0.39 is 0 Å². The number of rotatable bonds is 5. The largest absolute Gasteiger partial charge is 0.455 e. The van der Waals surface area contributed by atoms with Crippen LogP contribution in [0.4, 0.5) is 0 Å². The van der Waals surface area contributed by atoms with Gasteiger partial charge in [-0.05, 0) is 73.5 Å². The smallest absolute Gasteiger partial charge is 0.164 e. The summed E-state index contributed by atoms with van der Waals surface area (Å²) in [5.41, 5.74) is 8.99. The Hall–Kier alpha value is -7.43. The molecular weight excluding hydrogens is 671 g/mol. The van der Waals surface area contributed by atoms with Crippen molar-refractivity contribution in [1.29, 1.82) is 0 Å². The van der Waals surface area contributed by atoms with Crippen molar-refractivity contribution in [2.75, 3.05) is 0 Å². The lowest BCUT2D eigenvalue weighted by Crippen LogP contribution is -2.01. The number of hydrogen-bond donors (Lipinski definition) is 0. The van der Waals surface area contributed by atoms with Crippen LogP contribution in [0.1, 0.15) is 0 Å². The molecule has 55 heavy (non-hydrogen) atoms. The van der Waals surface area contributed by atoms with Crippen molar-refractivity contribution < 1.29 is 4.42 Å².